The number of fused-ring (bicyclic) bond motifs is 1. The van der Waals surface area contributed by atoms with E-state index in [1.807, 2.05) is 12.1 Å². The number of carbonyl (C=O) groups excluding carboxylic acids is 3. The molecule has 0 bridgehead atoms. The zero-order chi connectivity index (χ0) is 24.1. The molecule has 0 saturated carbocycles. The van der Waals surface area contributed by atoms with Gasteiger partial charge < -0.3 is 30.2 Å². The van der Waals surface area contributed by atoms with E-state index in [1.165, 1.54) is 0 Å². The van der Waals surface area contributed by atoms with Crippen LogP contribution in [0.4, 0.5) is 4.79 Å². The van der Waals surface area contributed by atoms with Gasteiger partial charge in [-0.15, -0.1) is 0 Å². The van der Waals surface area contributed by atoms with Gasteiger partial charge in [0, 0.05) is 24.9 Å². The zero-order valence-corrected chi connectivity index (χ0v) is 18.7. The van der Waals surface area contributed by atoms with Crippen molar-refractivity contribution < 1.29 is 33.4 Å². The van der Waals surface area contributed by atoms with Crippen LogP contribution in [0.5, 0.6) is 0 Å². The van der Waals surface area contributed by atoms with Crippen molar-refractivity contribution in [3.63, 3.8) is 0 Å². The number of furan rings is 1. The highest BCUT2D eigenvalue weighted by molar-refractivity contribution is 5.98. The van der Waals surface area contributed by atoms with Crippen LogP contribution in [-0.2, 0) is 14.3 Å². The average molecular weight is 462 g/mol. The number of hydrogen-bond acceptors (Lipinski definition) is 6. The van der Waals surface area contributed by atoms with Crippen LogP contribution in [0, 0.1) is 0 Å². The van der Waals surface area contributed by atoms with E-state index in [9.17, 15) is 19.2 Å². The summed E-state index contributed by atoms with van der Waals surface area (Å²) >= 11 is 0. The molecule has 0 aliphatic carbocycles. The lowest BCUT2D eigenvalue weighted by atomic mass is 10.1. The van der Waals surface area contributed by atoms with Crippen LogP contribution in [0.2, 0.25) is 0 Å². The molecule has 0 aliphatic heterocycles. The van der Waals surface area contributed by atoms with Crippen molar-refractivity contribution >= 4 is 34.8 Å². The smallest absolute Gasteiger partial charge is 0.407 e. The number of para-hydroxylation sites is 1. The molecule has 10 nitrogen and oxygen atoms in total. The fourth-order valence-electron chi connectivity index (χ4n) is 3.18. The average Bonchev–Trinajstić information content (AvgIpc) is 3.22. The minimum absolute atomic E-state index is 0.0948. The van der Waals surface area contributed by atoms with Gasteiger partial charge in [-0.05, 0) is 44.7 Å². The standard InChI is InChI=1S/C23H31N3O7/c1-2-32-23(31)25-14-8-10-17(21(29)24-13-7-3-4-12-20(27)28)26-22(30)19-15-16-9-5-6-11-18(16)33-19/h5-6,9,11,15,17H,2-4,7-8,10,12-14H2,1H3,(H,24,29)(H,25,31)(H,26,30)(H,27,28)/t17-/m0/s1. The third-order valence-corrected chi connectivity index (χ3v) is 4.85. The van der Waals surface area contributed by atoms with E-state index in [0.717, 1.165) is 5.39 Å². The van der Waals surface area contributed by atoms with Gasteiger partial charge in [0.2, 0.25) is 5.91 Å². The topological polar surface area (TPSA) is 147 Å². The molecule has 1 aromatic carbocycles. The monoisotopic (exact) mass is 461 g/mol. The van der Waals surface area contributed by atoms with Crippen molar-refractivity contribution in [1.29, 1.82) is 0 Å². The maximum atomic E-state index is 12.7. The highest BCUT2D eigenvalue weighted by atomic mass is 16.5. The molecule has 4 N–H and O–H groups in total. The van der Waals surface area contributed by atoms with Crippen LogP contribution in [-0.4, -0.2) is 54.7 Å². The van der Waals surface area contributed by atoms with Gasteiger partial charge in [0.25, 0.3) is 5.91 Å². The van der Waals surface area contributed by atoms with Crippen LogP contribution in [0.15, 0.2) is 34.7 Å². The van der Waals surface area contributed by atoms with Crippen molar-refractivity contribution in [2.45, 2.75) is 51.5 Å². The van der Waals surface area contributed by atoms with Gasteiger partial charge in [0.15, 0.2) is 5.76 Å². The Bertz CT molecular complexity index is 908. The lowest BCUT2D eigenvalue weighted by Gasteiger charge is -2.18. The molecule has 1 heterocycles. The quantitative estimate of drug-likeness (QED) is 0.316. The molecule has 0 unspecified atom stereocenters. The highest BCUT2D eigenvalue weighted by Crippen LogP contribution is 2.18. The minimum Gasteiger partial charge on any atom is -0.481 e. The molecule has 33 heavy (non-hydrogen) atoms. The summed E-state index contributed by atoms with van der Waals surface area (Å²) in [5.74, 6) is -1.60. The lowest BCUT2D eigenvalue weighted by Crippen LogP contribution is -2.47. The molecule has 1 atom stereocenters. The van der Waals surface area contributed by atoms with Gasteiger partial charge in [0.05, 0.1) is 6.61 Å². The Morgan fingerprint density at radius 1 is 1.03 bits per heavy atom. The van der Waals surface area contributed by atoms with Gasteiger partial charge >= 0.3 is 12.1 Å². The summed E-state index contributed by atoms with van der Waals surface area (Å²) in [5.41, 5.74) is 0.573. The normalized spacial score (nSPS) is 11.5. The van der Waals surface area contributed by atoms with Crippen LogP contribution >= 0.6 is 0 Å². The second-order valence-electron chi connectivity index (χ2n) is 7.46. The molecule has 0 fully saturated rings. The Labute approximate surface area is 192 Å². The summed E-state index contributed by atoms with van der Waals surface area (Å²) < 4.78 is 10.4. The largest absolute Gasteiger partial charge is 0.481 e. The second kappa shape index (κ2) is 13.8. The Balaban J connectivity index is 1.90. The van der Waals surface area contributed by atoms with Gasteiger partial charge in [-0.3, -0.25) is 14.4 Å². The van der Waals surface area contributed by atoms with Gasteiger partial charge in [-0.1, -0.05) is 24.6 Å². The number of carbonyl (C=O) groups is 4. The molecule has 180 valence electrons. The molecule has 0 aliphatic rings. The van der Waals surface area contributed by atoms with E-state index in [-0.39, 0.29) is 31.2 Å². The number of alkyl carbamates (subject to hydrolysis) is 1. The first-order valence-corrected chi connectivity index (χ1v) is 11.1. The first-order valence-electron chi connectivity index (χ1n) is 11.1. The number of rotatable bonds is 14. The fraction of sp³-hybridized carbons (Fsp3) is 0.478. The number of amides is 3. The van der Waals surface area contributed by atoms with E-state index in [1.54, 1.807) is 25.1 Å². The first-order chi connectivity index (χ1) is 15.9. The Kier molecular flexibility index (Phi) is 10.7. The summed E-state index contributed by atoms with van der Waals surface area (Å²) in [6.45, 7) is 2.63. The SMILES string of the molecule is CCOC(=O)NCCC[C@H](NC(=O)c1cc2ccccc2o1)C(=O)NCCCCCC(=O)O. The molecular weight excluding hydrogens is 430 g/mol. The number of carboxylic acids is 1. The Hall–Kier alpha value is -3.56. The van der Waals surface area contributed by atoms with Gasteiger partial charge in [-0.25, -0.2) is 4.79 Å². The van der Waals surface area contributed by atoms with Crippen LogP contribution in [0.3, 0.4) is 0 Å². The summed E-state index contributed by atoms with van der Waals surface area (Å²) in [5, 5.41) is 17.5. The van der Waals surface area contributed by atoms with Gasteiger partial charge in [-0.2, -0.15) is 0 Å². The predicted octanol–water partition coefficient (Wildman–Crippen LogP) is 2.82. The van der Waals surface area contributed by atoms with Crippen molar-refractivity contribution in [3.05, 3.63) is 36.1 Å². The van der Waals surface area contributed by atoms with Crippen LogP contribution in [0.25, 0.3) is 11.0 Å². The molecule has 3 amide bonds. The highest BCUT2D eigenvalue weighted by Gasteiger charge is 2.23. The molecule has 2 aromatic rings. The summed E-state index contributed by atoms with van der Waals surface area (Å²) in [6.07, 6.45) is 2.14. The van der Waals surface area contributed by atoms with Crippen molar-refractivity contribution in [2.24, 2.45) is 0 Å². The Morgan fingerprint density at radius 3 is 2.52 bits per heavy atom. The van der Waals surface area contributed by atoms with E-state index in [0.29, 0.717) is 44.2 Å². The number of nitrogens with one attached hydrogen (secondary N) is 3. The fourth-order valence-corrected chi connectivity index (χ4v) is 3.18. The molecular formula is C23H31N3O7. The summed E-state index contributed by atoms with van der Waals surface area (Å²) in [4.78, 5) is 47.4. The first kappa shape index (κ1) is 25.7. The van der Waals surface area contributed by atoms with E-state index >= 15 is 0 Å². The Morgan fingerprint density at radius 2 is 1.79 bits per heavy atom. The van der Waals surface area contributed by atoms with E-state index < -0.39 is 24.0 Å². The number of hydrogen-bond donors (Lipinski definition) is 4. The lowest BCUT2D eigenvalue weighted by molar-refractivity contribution is -0.137. The van der Waals surface area contributed by atoms with Crippen molar-refractivity contribution in [3.8, 4) is 0 Å². The van der Waals surface area contributed by atoms with Crippen molar-refractivity contribution in [1.82, 2.24) is 16.0 Å². The maximum absolute atomic E-state index is 12.7. The number of carboxylic acid groups (broad SMARTS) is 1. The van der Waals surface area contributed by atoms with Crippen LogP contribution in [0.1, 0.15) is 56.0 Å². The summed E-state index contributed by atoms with van der Waals surface area (Å²) in [7, 11) is 0. The third-order valence-electron chi connectivity index (χ3n) is 4.85. The molecule has 1 aromatic heterocycles. The number of unbranched alkanes of at least 4 members (excludes halogenated alkanes) is 2. The van der Waals surface area contributed by atoms with Gasteiger partial charge in [0.1, 0.15) is 11.6 Å². The molecule has 0 saturated heterocycles. The molecule has 2 rings (SSSR count). The number of benzene rings is 1. The minimum atomic E-state index is -0.844. The van der Waals surface area contributed by atoms with E-state index in [4.69, 9.17) is 14.3 Å². The van der Waals surface area contributed by atoms with Crippen LogP contribution < -0.4 is 16.0 Å². The second-order valence-corrected chi connectivity index (χ2v) is 7.46. The predicted molar refractivity (Wildman–Crippen MR) is 121 cm³/mol. The van der Waals surface area contributed by atoms with Crippen molar-refractivity contribution in [2.75, 3.05) is 19.7 Å². The number of aliphatic carboxylic acids is 1. The zero-order valence-electron chi connectivity index (χ0n) is 18.7. The molecule has 10 heteroatoms. The maximum Gasteiger partial charge on any atom is 0.407 e. The molecule has 0 spiro atoms. The summed E-state index contributed by atoms with van der Waals surface area (Å²) in [6, 6.07) is 8.01. The number of ether oxygens (including phenoxy) is 1. The molecule has 0 radical (unpaired) electrons. The third kappa shape index (κ3) is 9.22. The van der Waals surface area contributed by atoms with E-state index in [2.05, 4.69) is 16.0 Å².